The molecular formula is C13H11BrClN3O. The van der Waals surface area contributed by atoms with E-state index >= 15 is 0 Å². The minimum atomic E-state index is -0.188. The highest BCUT2D eigenvalue weighted by molar-refractivity contribution is 9.10. The Morgan fingerprint density at radius 2 is 2.16 bits per heavy atom. The summed E-state index contributed by atoms with van der Waals surface area (Å²) in [6, 6.07) is 6.74. The van der Waals surface area contributed by atoms with Crippen LogP contribution in [0.25, 0.3) is 0 Å². The van der Waals surface area contributed by atoms with Crippen molar-refractivity contribution < 1.29 is 4.79 Å². The van der Waals surface area contributed by atoms with Crippen LogP contribution in [0.1, 0.15) is 10.4 Å². The molecule has 98 valence electrons. The van der Waals surface area contributed by atoms with E-state index in [9.17, 15) is 4.79 Å². The van der Waals surface area contributed by atoms with Crippen molar-refractivity contribution in [2.75, 3.05) is 17.7 Å². The van der Waals surface area contributed by atoms with Crippen LogP contribution in [0.3, 0.4) is 0 Å². The summed E-state index contributed by atoms with van der Waals surface area (Å²) < 4.78 is 0.747. The zero-order chi connectivity index (χ0) is 14.0. The number of pyridine rings is 1. The lowest BCUT2D eigenvalue weighted by Crippen LogP contribution is -2.27. The maximum atomic E-state index is 12.3. The number of hydrogen-bond donors (Lipinski definition) is 1. The van der Waals surface area contributed by atoms with Gasteiger partial charge in [-0.2, -0.15) is 0 Å². The van der Waals surface area contributed by atoms with Crippen LogP contribution < -0.4 is 10.6 Å². The van der Waals surface area contributed by atoms with Crippen molar-refractivity contribution in [2.24, 2.45) is 0 Å². The van der Waals surface area contributed by atoms with Gasteiger partial charge in [0.2, 0.25) is 0 Å². The Morgan fingerprint density at radius 1 is 1.42 bits per heavy atom. The number of rotatable bonds is 2. The third-order valence-corrected chi connectivity index (χ3v) is 3.89. The second kappa shape index (κ2) is 5.59. The average molecular weight is 341 g/mol. The molecule has 1 amide bonds. The lowest BCUT2D eigenvalue weighted by molar-refractivity contribution is 0.0993. The van der Waals surface area contributed by atoms with Crippen LogP contribution in [-0.4, -0.2) is 17.9 Å². The zero-order valence-electron chi connectivity index (χ0n) is 10.1. The van der Waals surface area contributed by atoms with Gasteiger partial charge in [-0.15, -0.1) is 0 Å². The highest BCUT2D eigenvalue weighted by Gasteiger charge is 2.16. The van der Waals surface area contributed by atoms with Crippen molar-refractivity contribution in [1.82, 2.24) is 4.98 Å². The molecule has 19 heavy (non-hydrogen) atoms. The van der Waals surface area contributed by atoms with Gasteiger partial charge >= 0.3 is 0 Å². The molecule has 1 aromatic heterocycles. The second-order valence-electron chi connectivity index (χ2n) is 3.93. The van der Waals surface area contributed by atoms with Gasteiger partial charge in [0, 0.05) is 23.3 Å². The van der Waals surface area contributed by atoms with Crippen LogP contribution in [0, 0.1) is 0 Å². The van der Waals surface area contributed by atoms with Crippen molar-refractivity contribution in [3.63, 3.8) is 0 Å². The number of carbonyl (C=O) groups is 1. The van der Waals surface area contributed by atoms with E-state index in [1.807, 2.05) is 0 Å². The lowest BCUT2D eigenvalue weighted by atomic mass is 10.2. The van der Waals surface area contributed by atoms with Crippen molar-refractivity contribution in [3.8, 4) is 0 Å². The minimum Gasteiger partial charge on any atom is -0.396 e. The summed E-state index contributed by atoms with van der Waals surface area (Å²) in [5.74, 6) is -0.188. The van der Waals surface area contributed by atoms with Gasteiger partial charge in [0.15, 0.2) is 0 Å². The normalized spacial score (nSPS) is 10.3. The Hall–Kier alpha value is -1.59. The van der Waals surface area contributed by atoms with E-state index < -0.39 is 0 Å². The first-order chi connectivity index (χ1) is 9.00. The molecule has 0 bridgehead atoms. The van der Waals surface area contributed by atoms with E-state index in [-0.39, 0.29) is 5.91 Å². The number of amides is 1. The maximum absolute atomic E-state index is 12.3. The van der Waals surface area contributed by atoms with Crippen LogP contribution in [0.4, 0.5) is 11.4 Å². The summed E-state index contributed by atoms with van der Waals surface area (Å²) in [5.41, 5.74) is 7.35. The summed E-state index contributed by atoms with van der Waals surface area (Å²) in [5, 5.41) is 0.488. The van der Waals surface area contributed by atoms with Gasteiger partial charge in [-0.05, 0) is 40.2 Å². The Kier molecular flexibility index (Phi) is 4.07. The lowest BCUT2D eigenvalue weighted by Gasteiger charge is -2.19. The van der Waals surface area contributed by atoms with E-state index in [2.05, 4.69) is 20.9 Å². The van der Waals surface area contributed by atoms with Crippen LogP contribution in [0.2, 0.25) is 5.02 Å². The zero-order valence-corrected chi connectivity index (χ0v) is 12.4. The molecule has 2 aromatic rings. The summed E-state index contributed by atoms with van der Waals surface area (Å²) in [6.45, 7) is 0. The van der Waals surface area contributed by atoms with Crippen LogP contribution in [-0.2, 0) is 0 Å². The Balaban J connectivity index is 2.34. The first kappa shape index (κ1) is 13.8. The smallest absolute Gasteiger partial charge is 0.258 e. The molecule has 0 spiro atoms. The molecule has 6 heteroatoms. The Morgan fingerprint density at radius 3 is 2.79 bits per heavy atom. The molecule has 0 saturated heterocycles. The number of aromatic nitrogens is 1. The third-order valence-electron chi connectivity index (χ3n) is 2.66. The number of benzene rings is 1. The highest BCUT2D eigenvalue weighted by Crippen LogP contribution is 2.26. The number of hydrogen-bond acceptors (Lipinski definition) is 3. The van der Waals surface area contributed by atoms with Gasteiger partial charge in [-0.1, -0.05) is 11.6 Å². The van der Waals surface area contributed by atoms with Gasteiger partial charge in [0.05, 0.1) is 22.6 Å². The standard InChI is InChI=1S/C13H11BrClN3O/c1-18(12-4-5-17-7-11(12)16)13(19)8-2-3-9(14)10(15)6-8/h2-7H,16H2,1H3. The quantitative estimate of drug-likeness (QED) is 0.912. The molecule has 0 aliphatic heterocycles. The molecule has 0 aliphatic rings. The largest absolute Gasteiger partial charge is 0.396 e. The van der Waals surface area contributed by atoms with E-state index in [4.69, 9.17) is 17.3 Å². The van der Waals surface area contributed by atoms with E-state index in [1.165, 1.54) is 11.1 Å². The number of anilines is 2. The monoisotopic (exact) mass is 339 g/mol. The van der Waals surface area contributed by atoms with Crippen LogP contribution in [0.15, 0.2) is 41.1 Å². The maximum Gasteiger partial charge on any atom is 0.258 e. The van der Waals surface area contributed by atoms with Crippen molar-refractivity contribution in [2.45, 2.75) is 0 Å². The SMILES string of the molecule is CN(C(=O)c1ccc(Br)c(Cl)c1)c1ccncc1N. The predicted octanol–water partition coefficient (Wildman–Crippen LogP) is 3.36. The van der Waals surface area contributed by atoms with Gasteiger partial charge in [-0.3, -0.25) is 9.78 Å². The molecule has 0 atom stereocenters. The average Bonchev–Trinajstić information content (AvgIpc) is 2.41. The molecule has 0 radical (unpaired) electrons. The Labute approximate surface area is 124 Å². The van der Waals surface area contributed by atoms with E-state index in [0.29, 0.717) is 22.0 Å². The summed E-state index contributed by atoms with van der Waals surface area (Å²) in [4.78, 5) is 17.7. The molecule has 0 fully saturated rings. The molecule has 0 unspecified atom stereocenters. The fraction of sp³-hybridized carbons (Fsp3) is 0.0769. The number of nitrogens with two attached hydrogens (primary N) is 1. The molecule has 1 heterocycles. The van der Waals surface area contributed by atoms with Crippen LogP contribution in [0.5, 0.6) is 0 Å². The molecule has 0 aliphatic carbocycles. The second-order valence-corrected chi connectivity index (χ2v) is 5.19. The highest BCUT2D eigenvalue weighted by atomic mass is 79.9. The molecular weight excluding hydrogens is 330 g/mol. The molecule has 1 aromatic carbocycles. The van der Waals surface area contributed by atoms with Gasteiger partial charge < -0.3 is 10.6 Å². The van der Waals surface area contributed by atoms with Gasteiger partial charge in [0.1, 0.15) is 0 Å². The molecule has 2 N–H and O–H groups in total. The summed E-state index contributed by atoms with van der Waals surface area (Å²) in [6.07, 6.45) is 3.09. The first-order valence-corrected chi connectivity index (χ1v) is 6.60. The number of halogens is 2. The van der Waals surface area contributed by atoms with Crippen molar-refractivity contribution in [3.05, 3.63) is 51.7 Å². The third kappa shape index (κ3) is 2.88. The topological polar surface area (TPSA) is 59.2 Å². The Bertz CT molecular complexity index is 633. The van der Waals surface area contributed by atoms with Gasteiger partial charge in [0.25, 0.3) is 5.91 Å². The van der Waals surface area contributed by atoms with E-state index in [0.717, 1.165) is 4.47 Å². The van der Waals surface area contributed by atoms with Crippen molar-refractivity contribution in [1.29, 1.82) is 0 Å². The van der Waals surface area contributed by atoms with Crippen LogP contribution >= 0.6 is 27.5 Å². The first-order valence-electron chi connectivity index (χ1n) is 5.43. The van der Waals surface area contributed by atoms with Gasteiger partial charge in [-0.25, -0.2) is 0 Å². The summed E-state index contributed by atoms with van der Waals surface area (Å²) in [7, 11) is 1.66. The molecule has 0 saturated carbocycles. The molecule has 4 nitrogen and oxygen atoms in total. The van der Waals surface area contributed by atoms with E-state index in [1.54, 1.807) is 37.5 Å². The summed E-state index contributed by atoms with van der Waals surface area (Å²) >= 11 is 9.27. The fourth-order valence-electron chi connectivity index (χ4n) is 1.64. The molecule has 2 rings (SSSR count). The number of nitrogen functional groups attached to an aromatic ring is 1. The fourth-order valence-corrected chi connectivity index (χ4v) is 2.06. The minimum absolute atomic E-state index is 0.188. The van der Waals surface area contributed by atoms with Crippen molar-refractivity contribution >= 4 is 44.8 Å². The predicted molar refractivity (Wildman–Crippen MR) is 80.5 cm³/mol. The number of carbonyl (C=O) groups excluding carboxylic acids is 1. The number of nitrogens with zero attached hydrogens (tertiary/aromatic N) is 2.